The van der Waals surface area contributed by atoms with Crippen LogP contribution in [-0.2, 0) is 4.79 Å². The predicted octanol–water partition coefficient (Wildman–Crippen LogP) is 3.85. The van der Waals surface area contributed by atoms with E-state index in [-0.39, 0.29) is 11.8 Å². The van der Waals surface area contributed by atoms with Gasteiger partial charge in [-0.3, -0.25) is 4.79 Å². The highest BCUT2D eigenvalue weighted by Gasteiger charge is 2.44. The first-order valence-electron chi connectivity index (χ1n) is 6.12. The van der Waals surface area contributed by atoms with Crippen molar-refractivity contribution in [2.45, 2.75) is 19.3 Å². The van der Waals surface area contributed by atoms with E-state index in [1.54, 1.807) is 29.7 Å². The minimum atomic E-state index is 0.0696. The van der Waals surface area contributed by atoms with Gasteiger partial charge in [0.1, 0.15) is 5.15 Å². The van der Waals surface area contributed by atoms with Crippen molar-refractivity contribution in [3.63, 3.8) is 0 Å². The van der Waals surface area contributed by atoms with Gasteiger partial charge in [0.15, 0.2) is 0 Å². The summed E-state index contributed by atoms with van der Waals surface area (Å²) in [7, 11) is 0. The Morgan fingerprint density at radius 1 is 1.42 bits per heavy atom. The number of nitrogens with zero attached hydrogens (tertiary/aromatic N) is 1. The molecule has 3 rings (SSSR count). The fraction of sp³-hybridized carbons (Fsp3) is 0.286. The normalized spacial score (nSPS) is 21.2. The van der Waals surface area contributed by atoms with Crippen LogP contribution in [0.2, 0.25) is 5.15 Å². The Bertz CT molecular complexity index is 608. The van der Waals surface area contributed by atoms with E-state index >= 15 is 0 Å². The van der Waals surface area contributed by atoms with Crippen LogP contribution in [0.3, 0.4) is 0 Å². The van der Waals surface area contributed by atoms with Crippen molar-refractivity contribution < 1.29 is 4.79 Å². The third-order valence-electron chi connectivity index (χ3n) is 3.25. The Morgan fingerprint density at radius 2 is 2.26 bits per heavy atom. The van der Waals surface area contributed by atoms with E-state index in [4.69, 9.17) is 11.6 Å². The Kier molecular flexibility index (Phi) is 3.29. The van der Waals surface area contributed by atoms with Crippen LogP contribution in [0.25, 0.3) is 0 Å². The fourth-order valence-electron chi connectivity index (χ4n) is 2.14. The van der Waals surface area contributed by atoms with Crippen molar-refractivity contribution in [3.8, 4) is 0 Å². The lowest BCUT2D eigenvalue weighted by molar-refractivity contribution is -0.117. The van der Waals surface area contributed by atoms with Crippen LogP contribution in [-0.4, -0.2) is 10.9 Å². The molecule has 0 aromatic carbocycles. The zero-order valence-corrected chi connectivity index (χ0v) is 12.0. The van der Waals surface area contributed by atoms with Gasteiger partial charge in [0.05, 0.1) is 11.9 Å². The summed E-state index contributed by atoms with van der Waals surface area (Å²) in [5.74, 6) is 0.549. The number of amides is 1. The Morgan fingerprint density at radius 3 is 2.89 bits per heavy atom. The van der Waals surface area contributed by atoms with E-state index in [9.17, 15) is 4.79 Å². The third-order valence-corrected chi connectivity index (χ3v) is 4.60. The summed E-state index contributed by atoms with van der Waals surface area (Å²) < 4.78 is 0. The molecule has 2 heterocycles. The molecule has 1 aliphatic carbocycles. The van der Waals surface area contributed by atoms with E-state index in [0.29, 0.717) is 16.8 Å². The van der Waals surface area contributed by atoms with E-state index in [2.05, 4.69) is 29.4 Å². The molecule has 1 N–H and O–H groups in total. The molecule has 0 spiro atoms. The smallest absolute Gasteiger partial charge is 0.228 e. The molecule has 19 heavy (non-hydrogen) atoms. The maximum absolute atomic E-state index is 12.1. The van der Waals surface area contributed by atoms with Crippen molar-refractivity contribution in [2.24, 2.45) is 5.92 Å². The topological polar surface area (TPSA) is 42.0 Å². The molecule has 2 aromatic rings. The second-order valence-corrected chi connectivity index (χ2v) is 6.46. The summed E-state index contributed by atoms with van der Waals surface area (Å²) in [6, 6.07) is 7.67. The van der Waals surface area contributed by atoms with Gasteiger partial charge in [-0.25, -0.2) is 4.98 Å². The van der Waals surface area contributed by atoms with Gasteiger partial charge in [-0.1, -0.05) is 11.6 Å². The number of carbonyl (C=O) groups excluding carboxylic acids is 1. The van der Waals surface area contributed by atoms with Crippen molar-refractivity contribution in [1.82, 2.24) is 4.98 Å². The molecule has 5 heteroatoms. The number of aryl methyl sites for hydroxylation is 1. The van der Waals surface area contributed by atoms with Gasteiger partial charge in [0.2, 0.25) is 5.91 Å². The molecule has 1 fully saturated rings. The van der Waals surface area contributed by atoms with E-state index in [0.717, 1.165) is 6.42 Å². The maximum atomic E-state index is 12.1. The van der Waals surface area contributed by atoms with E-state index in [1.807, 2.05) is 0 Å². The fourth-order valence-corrected chi connectivity index (χ4v) is 3.30. The number of hydrogen-bond donors (Lipinski definition) is 1. The average Bonchev–Trinajstić information content (AvgIpc) is 3.08. The van der Waals surface area contributed by atoms with Crippen molar-refractivity contribution in [3.05, 3.63) is 45.4 Å². The minimum Gasteiger partial charge on any atom is -0.324 e. The lowest BCUT2D eigenvalue weighted by atomic mass is 10.2. The van der Waals surface area contributed by atoms with Gasteiger partial charge in [-0.2, -0.15) is 0 Å². The number of aromatic nitrogens is 1. The predicted molar refractivity (Wildman–Crippen MR) is 77.8 cm³/mol. The monoisotopic (exact) mass is 292 g/mol. The zero-order valence-electron chi connectivity index (χ0n) is 10.4. The molecule has 2 aromatic heterocycles. The van der Waals surface area contributed by atoms with Gasteiger partial charge < -0.3 is 5.32 Å². The number of hydrogen-bond acceptors (Lipinski definition) is 3. The largest absolute Gasteiger partial charge is 0.324 e. The molecule has 0 unspecified atom stereocenters. The second kappa shape index (κ2) is 4.94. The summed E-state index contributed by atoms with van der Waals surface area (Å²) in [6.45, 7) is 2.09. The standard InChI is InChI=1S/C14H13ClN2OS/c1-8-2-4-12(19-8)10-6-11(10)14(18)17-9-3-5-13(15)16-7-9/h2-5,7,10-11H,6H2,1H3,(H,17,18)/t10-,11-/m0/s1. The molecule has 1 saturated carbocycles. The molecule has 1 aliphatic rings. The minimum absolute atomic E-state index is 0.0696. The number of nitrogens with one attached hydrogen (secondary N) is 1. The Balaban J connectivity index is 1.62. The molecule has 98 valence electrons. The summed E-state index contributed by atoms with van der Waals surface area (Å²) in [4.78, 5) is 18.6. The zero-order chi connectivity index (χ0) is 13.4. The number of thiophene rings is 1. The molecule has 1 amide bonds. The van der Waals surface area contributed by atoms with Gasteiger partial charge >= 0.3 is 0 Å². The average molecular weight is 293 g/mol. The highest BCUT2D eigenvalue weighted by atomic mass is 35.5. The number of pyridine rings is 1. The first-order chi connectivity index (χ1) is 9.13. The van der Waals surface area contributed by atoms with Crippen molar-refractivity contribution >= 4 is 34.5 Å². The van der Waals surface area contributed by atoms with Crippen LogP contribution in [0.15, 0.2) is 30.5 Å². The van der Waals surface area contributed by atoms with Crippen LogP contribution in [0.4, 0.5) is 5.69 Å². The SMILES string of the molecule is Cc1ccc([C@H]2C[C@@H]2C(=O)Nc2ccc(Cl)nc2)s1. The first kappa shape index (κ1) is 12.6. The number of carbonyl (C=O) groups is 1. The lowest BCUT2D eigenvalue weighted by Gasteiger charge is -2.03. The molecule has 0 radical (unpaired) electrons. The number of anilines is 1. The molecule has 0 saturated heterocycles. The quantitative estimate of drug-likeness (QED) is 0.873. The highest BCUT2D eigenvalue weighted by Crippen LogP contribution is 2.50. The molecular weight excluding hydrogens is 280 g/mol. The molecule has 2 atom stereocenters. The van der Waals surface area contributed by atoms with Crippen molar-refractivity contribution in [1.29, 1.82) is 0 Å². The van der Waals surface area contributed by atoms with Crippen LogP contribution in [0.5, 0.6) is 0 Å². The number of rotatable bonds is 3. The third kappa shape index (κ3) is 2.80. The maximum Gasteiger partial charge on any atom is 0.228 e. The Labute approximate surface area is 120 Å². The van der Waals surface area contributed by atoms with Crippen LogP contribution in [0, 0.1) is 12.8 Å². The summed E-state index contributed by atoms with van der Waals surface area (Å²) >= 11 is 7.48. The summed E-state index contributed by atoms with van der Waals surface area (Å²) in [5, 5.41) is 3.31. The van der Waals surface area contributed by atoms with Gasteiger partial charge in [0.25, 0.3) is 0 Å². The van der Waals surface area contributed by atoms with E-state index in [1.165, 1.54) is 9.75 Å². The lowest BCUT2D eigenvalue weighted by Crippen LogP contribution is -2.14. The van der Waals surface area contributed by atoms with Crippen LogP contribution < -0.4 is 5.32 Å². The van der Waals surface area contributed by atoms with Gasteiger partial charge in [-0.05, 0) is 37.6 Å². The highest BCUT2D eigenvalue weighted by molar-refractivity contribution is 7.12. The summed E-state index contributed by atoms with van der Waals surface area (Å²) in [6.07, 6.45) is 2.51. The van der Waals surface area contributed by atoms with Gasteiger partial charge in [-0.15, -0.1) is 11.3 Å². The van der Waals surface area contributed by atoms with Gasteiger partial charge in [0, 0.05) is 21.6 Å². The molecule has 3 nitrogen and oxygen atoms in total. The van der Waals surface area contributed by atoms with Crippen LogP contribution in [0.1, 0.15) is 22.1 Å². The molecular formula is C14H13ClN2OS. The second-order valence-electron chi connectivity index (χ2n) is 4.76. The van der Waals surface area contributed by atoms with Crippen LogP contribution >= 0.6 is 22.9 Å². The number of halogens is 1. The first-order valence-corrected chi connectivity index (χ1v) is 7.31. The summed E-state index contributed by atoms with van der Waals surface area (Å²) in [5.41, 5.74) is 0.697. The Hall–Kier alpha value is -1.39. The van der Waals surface area contributed by atoms with Crippen molar-refractivity contribution in [2.75, 3.05) is 5.32 Å². The van der Waals surface area contributed by atoms with E-state index < -0.39 is 0 Å². The molecule has 0 aliphatic heterocycles. The molecule has 0 bridgehead atoms.